The molecule has 0 aromatic heterocycles. The molecule has 1 aliphatic rings. The van der Waals surface area contributed by atoms with E-state index in [-0.39, 0.29) is 6.61 Å². The molecule has 4 rings (SSSR count). The zero-order valence-electron chi connectivity index (χ0n) is 19.8. The van der Waals surface area contributed by atoms with Gasteiger partial charge in [0.1, 0.15) is 11.8 Å². The number of anilines is 1. The number of hydrogen-bond donors (Lipinski definition) is 0. The van der Waals surface area contributed by atoms with E-state index in [1.807, 2.05) is 30.3 Å². The first-order chi connectivity index (χ1) is 17.5. The average Bonchev–Trinajstić information content (AvgIpc) is 3.21. The highest BCUT2D eigenvalue weighted by Gasteiger charge is 2.54. The molecule has 0 radical (unpaired) electrons. The second-order valence-electron chi connectivity index (χ2n) is 8.28. The highest BCUT2D eigenvalue weighted by atomic mass is 16.5. The molecule has 9 nitrogen and oxygen atoms in total. The first-order valence-corrected chi connectivity index (χ1v) is 11.5. The minimum Gasteiger partial charge on any atom is -0.497 e. The summed E-state index contributed by atoms with van der Waals surface area (Å²) in [5.41, 5.74) is 2.05. The van der Waals surface area contributed by atoms with Crippen LogP contribution >= 0.6 is 0 Å². The normalized spacial score (nSPS) is 20.0. The summed E-state index contributed by atoms with van der Waals surface area (Å²) < 4.78 is 10.2. The van der Waals surface area contributed by atoms with Crippen molar-refractivity contribution >= 4 is 17.6 Å². The van der Waals surface area contributed by atoms with Crippen molar-refractivity contribution in [1.29, 1.82) is 0 Å². The van der Waals surface area contributed by atoms with Gasteiger partial charge in [-0.25, -0.2) is 4.79 Å². The van der Waals surface area contributed by atoms with E-state index in [4.69, 9.17) is 9.47 Å². The van der Waals surface area contributed by atoms with E-state index < -0.39 is 35.9 Å². The molecule has 0 spiro atoms. The number of nitroso groups, excluding NO2 is 2. The van der Waals surface area contributed by atoms with E-state index in [0.29, 0.717) is 22.6 Å². The van der Waals surface area contributed by atoms with Gasteiger partial charge in [-0.3, -0.25) is 4.79 Å². The summed E-state index contributed by atoms with van der Waals surface area (Å²) in [6.07, 6.45) is 0. The van der Waals surface area contributed by atoms with Gasteiger partial charge < -0.3 is 14.4 Å². The number of carbonyl (C=O) groups is 2. The Hall–Kier alpha value is -4.40. The predicted molar refractivity (Wildman–Crippen MR) is 134 cm³/mol. The predicted octanol–water partition coefficient (Wildman–Crippen LogP) is 5.22. The summed E-state index contributed by atoms with van der Waals surface area (Å²) in [5.74, 6) is -1.30. The number of ether oxygens (including phenoxy) is 2. The number of hydrogen-bond acceptors (Lipinski definition) is 8. The lowest BCUT2D eigenvalue weighted by Crippen LogP contribution is -2.30. The van der Waals surface area contributed by atoms with Crippen molar-refractivity contribution in [3.63, 3.8) is 0 Å². The largest absolute Gasteiger partial charge is 0.497 e. The lowest BCUT2D eigenvalue weighted by molar-refractivity contribution is -0.118. The standard InChI is InChI=1S/C27H25N3O6/c1-3-36-27(32)19-9-13-20(14-10-19)30-25(18-7-5-4-6-8-18)22(24(29-34)26(30)31)23(28-33)17-11-15-21(35-2)16-12-17/h4-16,22-25H,3H2,1-2H3. The third-order valence-electron chi connectivity index (χ3n) is 6.34. The second kappa shape index (κ2) is 10.9. The van der Waals surface area contributed by atoms with Crippen molar-refractivity contribution in [3.05, 3.63) is 105 Å². The van der Waals surface area contributed by atoms with Crippen molar-refractivity contribution in [1.82, 2.24) is 0 Å². The smallest absolute Gasteiger partial charge is 0.338 e. The maximum absolute atomic E-state index is 13.6. The number of esters is 1. The third-order valence-corrected chi connectivity index (χ3v) is 6.34. The quantitative estimate of drug-likeness (QED) is 0.302. The molecule has 4 atom stereocenters. The van der Waals surface area contributed by atoms with Gasteiger partial charge in [0.2, 0.25) is 0 Å². The molecule has 9 heteroatoms. The fourth-order valence-electron chi connectivity index (χ4n) is 4.69. The number of nitrogens with zero attached hydrogens (tertiary/aromatic N) is 3. The molecule has 1 aliphatic heterocycles. The molecule has 0 bridgehead atoms. The van der Waals surface area contributed by atoms with Crippen LogP contribution in [0.3, 0.4) is 0 Å². The maximum Gasteiger partial charge on any atom is 0.338 e. The van der Waals surface area contributed by atoms with E-state index in [9.17, 15) is 19.4 Å². The van der Waals surface area contributed by atoms with Crippen LogP contribution in [0.15, 0.2) is 89.2 Å². The molecule has 3 aromatic rings. The van der Waals surface area contributed by atoms with Crippen LogP contribution < -0.4 is 9.64 Å². The van der Waals surface area contributed by atoms with Crippen molar-refractivity contribution in [2.45, 2.75) is 25.0 Å². The molecule has 0 N–H and O–H groups in total. The first-order valence-electron chi connectivity index (χ1n) is 11.5. The summed E-state index contributed by atoms with van der Waals surface area (Å²) in [5, 5.41) is 6.52. The maximum atomic E-state index is 13.6. The zero-order valence-corrected chi connectivity index (χ0v) is 19.8. The minimum atomic E-state index is -1.34. The summed E-state index contributed by atoms with van der Waals surface area (Å²) in [4.78, 5) is 51.4. The van der Waals surface area contributed by atoms with Crippen LogP contribution in [-0.4, -0.2) is 31.6 Å². The van der Waals surface area contributed by atoms with Crippen molar-refractivity contribution in [2.75, 3.05) is 18.6 Å². The average molecular weight is 488 g/mol. The molecule has 0 saturated carbocycles. The van der Waals surface area contributed by atoms with Crippen LogP contribution in [0.2, 0.25) is 0 Å². The second-order valence-corrected chi connectivity index (χ2v) is 8.28. The van der Waals surface area contributed by atoms with Gasteiger partial charge in [0.15, 0.2) is 6.04 Å². The van der Waals surface area contributed by atoms with Gasteiger partial charge in [-0.2, -0.15) is 4.91 Å². The van der Waals surface area contributed by atoms with Gasteiger partial charge in [-0.1, -0.05) is 52.8 Å². The Morgan fingerprint density at radius 1 is 0.972 bits per heavy atom. The van der Waals surface area contributed by atoms with Crippen LogP contribution in [0.25, 0.3) is 0 Å². The van der Waals surface area contributed by atoms with Gasteiger partial charge in [0.05, 0.1) is 25.3 Å². The topological polar surface area (TPSA) is 115 Å². The number of carbonyl (C=O) groups excluding carboxylic acids is 2. The Morgan fingerprint density at radius 3 is 2.19 bits per heavy atom. The molecule has 1 amide bonds. The Balaban J connectivity index is 1.81. The van der Waals surface area contributed by atoms with Crippen LogP contribution in [0.1, 0.15) is 40.5 Å². The first kappa shape index (κ1) is 24.7. The lowest BCUT2D eigenvalue weighted by atomic mass is 9.82. The monoisotopic (exact) mass is 487 g/mol. The van der Waals surface area contributed by atoms with Gasteiger partial charge in [0.25, 0.3) is 5.91 Å². The number of benzene rings is 3. The van der Waals surface area contributed by atoms with Gasteiger partial charge in [-0.05, 0) is 54.4 Å². The molecule has 1 saturated heterocycles. The molecular formula is C27H25N3O6. The summed E-state index contributed by atoms with van der Waals surface area (Å²) >= 11 is 0. The molecule has 0 aliphatic carbocycles. The SMILES string of the molecule is CCOC(=O)c1ccc(N2C(=O)C(N=O)C(C(N=O)c3ccc(OC)cc3)C2c2ccccc2)cc1. The summed E-state index contributed by atoms with van der Waals surface area (Å²) in [7, 11) is 1.53. The molecule has 1 fully saturated rings. The van der Waals surface area contributed by atoms with Gasteiger partial charge in [-0.15, -0.1) is 4.91 Å². The van der Waals surface area contributed by atoms with Crippen LogP contribution in [0.4, 0.5) is 5.69 Å². The van der Waals surface area contributed by atoms with E-state index >= 15 is 0 Å². The van der Waals surface area contributed by atoms with E-state index in [1.165, 1.54) is 12.0 Å². The van der Waals surface area contributed by atoms with E-state index in [0.717, 1.165) is 5.56 Å². The third kappa shape index (κ3) is 4.59. The Labute approximate surface area is 208 Å². The van der Waals surface area contributed by atoms with E-state index in [1.54, 1.807) is 55.5 Å². The van der Waals surface area contributed by atoms with Gasteiger partial charge in [0, 0.05) is 11.6 Å². The van der Waals surface area contributed by atoms with Crippen molar-refractivity contribution in [3.8, 4) is 5.75 Å². The zero-order chi connectivity index (χ0) is 25.7. The highest BCUT2D eigenvalue weighted by Crippen LogP contribution is 2.49. The molecular weight excluding hydrogens is 462 g/mol. The fourth-order valence-corrected chi connectivity index (χ4v) is 4.69. The molecule has 184 valence electrons. The van der Waals surface area contributed by atoms with Crippen LogP contribution in [0, 0.1) is 15.7 Å². The molecule has 4 unspecified atom stereocenters. The number of rotatable bonds is 9. The van der Waals surface area contributed by atoms with Gasteiger partial charge >= 0.3 is 5.97 Å². The highest BCUT2D eigenvalue weighted by molar-refractivity contribution is 6.01. The van der Waals surface area contributed by atoms with E-state index in [2.05, 4.69) is 10.4 Å². The fraction of sp³-hybridized carbons (Fsp3) is 0.259. The Bertz CT molecular complexity index is 1230. The van der Waals surface area contributed by atoms with Crippen molar-refractivity contribution < 1.29 is 19.1 Å². The Morgan fingerprint density at radius 2 is 1.64 bits per heavy atom. The van der Waals surface area contributed by atoms with Crippen LogP contribution in [0.5, 0.6) is 5.75 Å². The molecule has 3 aromatic carbocycles. The summed E-state index contributed by atoms with van der Waals surface area (Å²) in [6, 6.07) is 19.1. The summed E-state index contributed by atoms with van der Waals surface area (Å²) in [6.45, 7) is 1.95. The minimum absolute atomic E-state index is 0.237. The van der Waals surface area contributed by atoms with Crippen LogP contribution in [-0.2, 0) is 9.53 Å². The Kier molecular flexibility index (Phi) is 7.48. The lowest BCUT2D eigenvalue weighted by Gasteiger charge is -2.30. The molecule has 1 heterocycles. The number of amides is 1. The number of methoxy groups -OCH3 is 1. The molecule has 36 heavy (non-hydrogen) atoms. The van der Waals surface area contributed by atoms with Crippen molar-refractivity contribution in [2.24, 2.45) is 16.3 Å².